The average Bonchev–Trinajstić information content (AvgIpc) is 2.61. The van der Waals surface area contributed by atoms with Crippen LogP contribution in [0.3, 0.4) is 0 Å². The summed E-state index contributed by atoms with van der Waals surface area (Å²) in [5, 5.41) is 4.40. The number of rotatable bonds is 3. The third-order valence-corrected chi connectivity index (χ3v) is 3.78. The van der Waals surface area contributed by atoms with Gasteiger partial charge in [-0.3, -0.25) is 0 Å². The lowest BCUT2D eigenvalue weighted by Crippen LogP contribution is -2.09. The van der Waals surface area contributed by atoms with Gasteiger partial charge in [0.25, 0.3) is 0 Å². The lowest BCUT2D eigenvalue weighted by molar-refractivity contribution is 0.881. The van der Waals surface area contributed by atoms with Crippen LogP contribution in [0.2, 0.25) is 0 Å². The van der Waals surface area contributed by atoms with Gasteiger partial charge >= 0.3 is 0 Å². The van der Waals surface area contributed by atoms with Crippen molar-refractivity contribution < 1.29 is 0 Å². The van der Waals surface area contributed by atoms with Gasteiger partial charge in [0.1, 0.15) is 5.82 Å². The van der Waals surface area contributed by atoms with Gasteiger partial charge in [-0.1, -0.05) is 0 Å². The van der Waals surface area contributed by atoms with E-state index in [4.69, 9.17) is 5.73 Å². The number of hydrogen-bond acceptors (Lipinski definition) is 5. The van der Waals surface area contributed by atoms with Crippen LogP contribution in [0.5, 0.6) is 0 Å². The molecule has 2 rings (SSSR count). The highest BCUT2D eigenvalue weighted by molar-refractivity contribution is 7.11. The Bertz CT molecular complexity index is 521. The molecule has 4 nitrogen and oxygen atoms in total. The number of pyridine rings is 1. The molecule has 0 saturated carbocycles. The van der Waals surface area contributed by atoms with E-state index < -0.39 is 0 Å². The number of nitrogen functional groups attached to an aromatic ring is 1. The number of nitrogens with one attached hydrogen (secondary N) is 1. The van der Waals surface area contributed by atoms with Crippen LogP contribution in [0.1, 0.15) is 28.5 Å². The minimum absolute atomic E-state index is 0.165. The molecule has 0 aliphatic heterocycles. The molecule has 0 bridgehead atoms. The number of nitrogens with zero attached hydrogens (tertiary/aromatic N) is 2. The number of aryl methyl sites for hydroxylation is 2. The van der Waals surface area contributed by atoms with E-state index in [0.29, 0.717) is 5.69 Å². The minimum atomic E-state index is 0.165. The summed E-state index contributed by atoms with van der Waals surface area (Å²) in [6, 6.07) is 3.83. The summed E-state index contributed by atoms with van der Waals surface area (Å²) < 4.78 is 0. The monoisotopic (exact) mass is 248 g/mol. The van der Waals surface area contributed by atoms with Gasteiger partial charge in [-0.05, 0) is 32.9 Å². The fraction of sp³-hybridized carbons (Fsp3) is 0.333. The Morgan fingerprint density at radius 1 is 1.41 bits per heavy atom. The maximum atomic E-state index is 5.85. The smallest absolute Gasteiger partial charge is 0.149 e. The standard InChI is InChI=1S/C12H16N4S/c1-7-11(17-9(3)15-7)8(2)16-12-10(13)5-4-6-14-12/h4-6,8H,13H2,1-3H3,(H,14,16). The first-order valence-electron chi connectivity index (χ1n) is 5.49. The first-order chi connectivity index (χ1) is 8.08. The van der Waals surface area contributed by atoms with E-state index in [-0.39, 0.29) is 6.04 Å². The molecule has 1 unspecified atom stereocenters. The van der Waals surface area contributed by atoms with E-state index >= 15 is 0 Å². The predicted octanol–water partition coefficient (Wildman–Crippen LogP) is 2.91. The van der Waals surface area contributed by atoms with Crippen molar-refractivity contribution in [3.05, 3.63) is 33.9 Å². The second kappa shape index (κ2) is 4.71. The summed E-state index contributed by atoms with van der Waals surface area (Å²) in [6.45, 7) is 6.13. The molecule has 1 atom stereocenters. The molecule has 0 radical (unpaired) electrons. The van der Waals surface area contributed by atoms with E-state index in [9.17, 15) is 0 Å². The maximum absolute atomic E-state index is 5.85. The molecule has 0 aromatic carbocycles. The molecular formula is C12H16N4S. The first kappa shape index (κ1) is 11.9. The molecule has 0 spiro atoms. The molecule has 0 aliphatic carbocycles. The molecule has 0 fully saturated rings. The molecule has 2 aromatic heterocycles. The predicted molar refractivity (Wildman–Crippen MR) is 72.3 cm³/mol. The number of nitrogens with two attached hydrogens (primary N) is 1. The fourth-order valence-electron chi connectivity index (χ4n) is 1.76. The second-order valence-electron chi connectivity index (χ2n) is 3.99. The van der Waals surface area contributed by atoms with Crippen LogP contribution in [-0.4, -0.2) is 9.97 Å². The van der Waals surface area contributed by atoms with Crippen molar-refractivity contribution in [2.75, 3.05) is 11.1 Å². The van der Waals surface area contributed by atoms with Crippen molar-refractivity contribution in [1.29, 1.82) is 0 Å². The van der Waals surface area contributed by atoms with Crippen LogP contribution in [0, 0.1) is 13.8 Å². The number of thiazole rings is 1. The van der Waals surface area contributed by atoms with E-state index in [0.717, 1.165) is 16.5 Å². The number of hydrogen-bond donors (Lipinski definition) is 2. The lowest BCUT2D eigenvalue weighted by atomic mass is 10.2. The first-order valence-corrected chi connectivity index (χ1v) is 6.30. The van der Waals surface area contributed by atoms with Crippen LogP contribution in [0.4, 0.5) is 11.5 Å². The summed E-state index contributed by atoms with van der Waals surface area (Å²) in [4.78, 5) is 9.88. The Hall–Kier alpha value is -1.62. The van der Waals surface area contributed by atoms with Crippen molar-refractivity contribution >= 4 is 22.8 Å². The molecule has 17 heavy (non-hydrogen) atoms. The zero-order chi connectivity index (χ0) is 12.4. The van der Waals surface area contributed by atoms with E-state index in [1.807, 2.05) is 26.0 Å². The largest absolute Gasteiger partial charge is 0.396 e. The van der Waals surface area contributed by atoms with Crippen LogP contribution < -0.4 is 11.1 Å². The third kappa shape index (κ3) is 2.55. The zero-order valence-corrected chi connectivity index (χ0v) is 11.0. The Balaban J connectivity index is 2.20. The van der Waals surface area contributed by atoms with Gasteiger partial charge in [0.15, 0.2) is 0 Å². The number of anilines is 2. The van der Waals surface area contributed by atoms with Gasteiger partial charge < -0.3 is 11.1 Å². The quantitative estimate of drug-likeness (QED) is 0.876. The van der Waals surface area contributed by atoms with Crippen LogP contribution in [0.15, 0.2) is 18.3 Å². The summed E-state index contributed by atoms with van der Waals surface area (Å²) in [5.41, 5.74) is 7.59. The van der Waals surface area contributed by atoms with Crippen LogP contribution in [0.25, 0.3) is 0 Å². The maximum Gasteiger partial charge on any atom is 0.149 e. The van der Waals surface area contributed by atoms with Gasteiger partial charge in [0.2, 0.25) is 0 Å². The summed E-state index contributed by atoms with van der Waals surface area (Å²) in [5.74, 6) is 0.727. The SMILES string of the molecule is Cc1nc(C)c(C(C)Nc2ncccc2N)s1. The van der Waals surface area contributed by atoms with Crippen molar-refractivity contribution in [2.45, 2.75) is 26.8 Å². The Labute approximate surface area is 105 Å². The molecule has 0 aliphatic rings. The Kier molecular flexibility index (Phi) is 3.28. The molecule has 2 heterocycles. The van der Waals surface area contributed by atoms with E-state index in [1.165, 1.54) is 4.88 Å². The van der Waals surface area contributed by atoms with Crippen molar-refractivity contribution in [3.63, 3.8) is 0 Å². The minimum Gasteiger partial charge on any atom is -0.396 e. The van der Waals surface area contributed by atoms with E-state index in [2.05, 4.69) is 22.2 Å². The molecule has 2 aromatic rings. The van der Waals surface area contributed by atoms with Crippen molar-refractivity contribution in [2.24, 2.45) is 0 Å². The second-order valence-corrected chi connectivity index (χ2v) is 5.22. The molecule has 5 heteroatoms. The highest BCUT2D eigenvalue weighted by atomic mass is 32.1. The molecule has 90 valence electrons. The molecule has 0 saturated heterocycles. The highest BCUT2D eigenvalue weighted by Crippen LogP contribution is 2.28. The van der Waals surface area contributed by atoms with Crippen molar-refractivity contribution in [1.82, 2.24) is 9.97 Å². The molecular weight excluding hydrogens is 232 g/mol. The van der Waals surface area contributed by atoms with E-state index in [1.54, 1.807) is 17.5 Å². The van der Waals surface area contributed by atoms with Crippen LogP contribution >= 0.6 is 11.3 Å². The van der Waals surface area contributed by atoms with Crippen molar-refractivity contribution in [3.8, 4) is 0 Å². The lowest BCUT2D eigenvalue weighted by Gasteiger charge is -2.14. The van der Waals surface area contributed by atoms with Gasteiger partial charge in [0, 0.05) is 11.1 Å². The number of aromatic nitrogens is 2. The highest BCUT2D eigenvalue weighted by Gasteiger charge is 2.13. The van der Waals surface area contributed by atoms with Gasteiger partial charge in [-0.2, -0.15) is 0 Å². The van der Waals surface area contributed by atoms with Crippen LogP contribution in [-0.2, 0) is 0 Å². The molecule has 3 N–H and O–H groups in total. The molecule has 0 amide bonds. The summed E-state index contributed by atoms with van der Waals surface area (Å²) >= 11 is 1.71. The topological polar surface area (TPSA) is 63.8 Å². The zero-order valence-electron chi connectivity index (χ0n) is 10.2. The third-order valence-electron chi connectivity index (χ3n) is 2.52. The van der Waals surface area contributed by atoms with Gasteiger partial charge in [0.05, 0.1) is 22.4 Å². The normalized spacial score (nSPS) is 12.4. The average molecular weight is 248 g/mol. The van der Waals surface area contributed by atoms with Gasteiger partial charge in [-0.15, -0.1) is 11.3 Å². The summed E-state index contributed by atoms with van der Waals surface area (Å²) in [7, 11) is 0. The Morgan fingerprint density at radius 3 is 2.76 bits per heavy atom. The van der Waals surface area contributed by atoms with Gasteiger partial charge in [-0.25, -0.2) is 9.97 Å². The Morgan fingerprint density at radius 2 is 2.18 bits per heavy atom. The fourth-order valence-corrected chi connectivity index (χ4v) is 2.69. The summed E-state index contributed by atoms with van der Waals surface area (Å²) in [6.07, 6.45) is 1.73.